The normalized spacial score (nSPS) is 24.1. The number of piperazine rings is 1. The van der Waals surface area contributed by atoms with Gasteiger partial charge in [-0.1, -0.05) is 11.6 Å². The summed E-state index contributed by atoms with van der Waals surface area (Å²) < 4.78 is 0. The summed E-state index contributed by atoms with van der Waals surface area (Å²) in [5.74, 6) is 0. The van der Waals surface area contributed by atoms with Crippen LogP contribution in [0.15, 0.2) is 12.4 Å². The van der Waals surface area contributed by atoms with E-state index in [9.17, 15) is 10.1 Å². The van der Waals surface area contributed by atoms with E-state index < -0.39 is 4.92 Å². The van der Waals surface area contributed by atoms with E-state index in [1.165, 1.54) is 12.4 Å². The van der Waals surface area contributed by atoms with Crippen LogP contribution in [0, 0.1) is 10.1 Å². The molecular weight excluding hydrogens is 256 g/mol. The minimum absolute atomic E-state index is 0.0381. The van der Waals surface area contributed by atoms with Crippen molar-refractivity contribution < 1.29 is 4.92 Å². The number of rotatable bonds is 2. The molecule has 0 bridgehead atoms. The van der Waals surface area contributed by atoms with Gasteiger partial charge in [-0.05, 0) is 13.8 Å². The molecule has 2 heterocycles. The average molecular weight is 271 g/mol. The smallest absolute Gasteiger partial charge is 0.312 e. The second-order valence-electron chi connectivity index (χ2n) is 4.62. The lowest BCUT2D eigenvalue weighted by molar-refractivity contribution is -0.384. The van der Waals surface area contributed by atoms with E-state index in [0.29, 0.717) is 23.8 Å². The minimum Gasteiger partial charge on any atom is -0.362 e. The lowest BCUT2D eigenvalue weighted by atomic mass is 10.1. The van der Waals surface area contributed by atoms with Crippen molar-refractivity contribution in [3.63, 3.8) is 0 Å². The fraction of sp³-hybridized carbons (Fsp3) is 0.545. The molecule has 7 heteroatoms. The fourth-order valence-corrected chi connectivity index (χ4v) is 2.65. The number of nitrogens with zero attached hydrogens (tertiary/aromatic N) is 3. The summed E-state index contributed by atoms with van der Waals surface area (Å²) in [5, 5.41) is 14.7. The second kappa shape index (κ2) is 5.07. The van der Waals surface area contributed by atoms with Gasteiger partial charge in [0.2, 0.25) is 0 Å². The SMILES string of the molecule is CC1CN(c2c(Cl)cncc2[N+](=O)[O-])CC(C)N1. The topological polar surface area (TPSA) is 71.3 Å². The van der Waals surface area contributed by atoms with Gasteiger partial charge in [0.1, 0.15) is 11.9 Å². The van der Waals surface area contributed by atoms with Crippen LogP contribution < -0.4 is 10.2 Å². The molecule has 1 aromatic heterocycles. The first-order chi connectivity index (χ1) is 8.49. The molecule has 1 aliphatic heterocycles. The molecule has 6 nitrogen and oxygen atoms in total. The first-order valence-electron chi connectivity index (χ1n) is 5.78. The van der Waals surface area contributed by atoms with Gasteiger partial charge in [-0.3, -0.25) is 15.1 Å². The number of aromatic nitrogens is 1. The van der Waals surface area contributed by atoms with Gasteiger partial charge in [-0.15, -0.1) is 0 Å². The van der Waals surface area contributed by atoms with E-state index in [4.69, 9.17) is 11.6 Å². The van der Waals surface area contributed by atoms with Crippen molar-refractivity contribution in [2.24, 2.45) is 0 Å². The quantitative estimate of drug-likeness (QED) is 0.656. The third-order valence-electron chi connectivity index (χ3n) is 2.92. The molecule has 2 rings (SSSR count). The van der Waals surface area contributed by atoms with Gasteiger partial charge in [0, 0.05) is 31.4 Å². The Morgan fingerprint density at radius 2 is 2.06 bits per heavy atom. The molecule has 0 saturated carbocycles. The summed E-state index contributed by atoms with van der Waals surface area (Å²) in [7, 11) is 0. The molecule has 0 aliphatic carbocycles. The Morgan fingerprint density at radius 1 is 1.44 bits per heavy atom. The maximum atomic E-state index is 11.0. The Labute approximate surface area is 110 Å². The molecular formula is C11H15ClN4O2. The van der Waals surface area contributed by atoms with Crippen LogP contribution in [0.1, 0.15) is 13.8 Å². The minimum atomic E-state index is -0.439. The van der Waals surface area contributed by atoms with Crippen LogP contribution in [0.4, 0.5) is 11.4 Å². The van der Waals surface area contributed by atoms with Crippen LogP contribution in [-0.2, 0) is 0 Å². The van der Waals surface area contributed by atoms with Gasteiger partial charge >= 0.3 is 5.69 Å². The molecule has 1 N–H and O–H groups in total. The Kier molecular flexibility index (Phi) is 3.68. The summed E-state index contributed by atoms with van der Waals surface area (Å²) in [6.45, 7) is 5.47. The predicted molar refractivity (Wildman–Crippen MR) is 70.2 cm³/mol. The largest absolute Gasteiger partial charge is 0.362 e. The third-order valence-corrected chi connectivity index (χ3v) is 3.20. The van der Waals surface area contributed by atoms with Crippen LogP contribution in [0.2, 0.25) is 5.02 Å². The van der Waals surface area contributed by atoms with Crippen molar-refractivity contribution in [1.82, 2.24) is 10.3 Å². The van der Waals surface area contributed by atoms with E-state index >= 15 is 0 Å². The Balaban J connectivity index is 2.40. The van der Waals surface area contributed by atoms with E-state index in [0.717, 1.165) is 0 Å². The van der Waals surface area contributed by atoms with Crippen LogP contribution in [-0.4, -0.2) is 35.1 Å². The molecule has 1 fully saturated rings. The number of hydrogen-bond acceptors (Lipinski definition) is 5. The lowest BCUT2D eigenvalue weighted by Crippen LogP contribution is -2.54. The third kappa shape index (κ3) is 2.54. The summed E-state index contributed by atoms with van der Waals surface area (Å²) in [6, 6.07) is 0.523. The zero-order valence-corrected chi connectivity index (χ0v) is 11.0. The Bertz CT molecular complexity index is 458. The summed E-state index contributed by atoms with van der Waals surface area (Å²) in [4.78, 5) is 16.3. The molecule has 2 unspecified atom stereocenters. The second-order valence-corrected chi connectivity index (χ2v) is 5.03. The van der Waals surface area contributed by atoms with Crippen molar-refractivity contribution in [3.05, 3.63) is 27.5 Å². The van der Waals surface area contributed by atoms with Crippen molar-refractivity contribution >= 4 is 23.0 Å². The van der Waals surface area contributed by atoms with Crippen molar-refractivity contribution in [2.75, 3.05) is 18.0 Å². The highest BCUT2D eigenvalue weighted by Crippen LogP contribution is 2.35. The molecule has 98 valence electrons. The van der Waals surface area contributed by atoms with Gasteiger partial charge in [-0.25, -0.2) is 0 Å². The first kappa shape index (κ1) is 13.0. The van der Waals surface area contributed by atoms with Crippen LogP contribution in [0.5, 0.6) is 0 Å². The molecule has 2 atom stereocenters. The number of anilines is 1. The van der Waals surface area contributed by atoms with Gasteiger partial charge in [-0.2, -0.15) is 0 Å². The monoisotopic (exact) mass is 270 g/mol. The average Bonchev–Trinajstić information content (AvgIpc) is 2.26. The fourth-order valence-electron chi connectivity index (χ4n) is 2.37. The zero-order valence-electron chi connectivity index (χ0n) is 10.3. The maximum absolute atomic E-state index is 11.0. The molecule has 0 amide bonds. The molecule has 1 aliphatic rings. The van der Waals surface area contributed by atoms with Crippen molar-refractivity contribution in [2.45, 2.75) is 25.9 Å². The van der Waals surface area contributed by atoms with Crippen molar-refractivity contribution in [3.8, 4) is 0 Å². The van der Waals surface area contributed by atoms with E-state index in [1.807, 2.05) is 18.7 Å². The number of hydrogen-bond donors (Lipinski definition) is 1. The van der Waals surface area contributed by atoms with E-state index in [1.54, 1.807) is 0 Å². The molecule has 18 heavy (non-hydrogen) atoms. The summed E-state index contributed by atoms with van der Waals surface area (Å²) >= 11 is 6.07. The van der Waals surface area contributed by atoms with E-state index in [2.05, 4.69) is 10.3 Å². The standard InChI is InChI=1S/C11H15ClN4O2/c1-7-5-15(6-8(2)14-7)11-9(12)3-13-4-10(11)16(17)18/h3-4,7-8,14H,5-6H2,1-2H3. The highest BCUT2D eigenvalue weighted by Gasteiger charge is 2.28. The number of nitro groups is 1. The lowest BCUT2D eigenvalue weighted by Gasteiger charge is -2.37. The first-order valence-corrected chi connectivity index (χ1v) is 6.15. The predicted octanol–water partition coefficient (Wildman–Crippen LogP) is 1.83. The molecule has 1 aromatic rings. The van der Waals surface area contributed by atoms with Gasteiger partial charge < -0.3 is 10.2 Å². The van der Waals surface area contributed by atoms with Crippen molar-refractivity contribution in [1.29, 1.82) is 0 Å². The Morgan fingerprint density at radius 3 is 2.61 bits per heavy atom. The van der Waals surface area contributed by atoms with Gasteiger partial charge in [0.05, 0.1) is 9.95 Å². The molecule has 0 radical (unpaired) electrons. The van der Waals surface area contributed by atoms with Gasteiger partial charge in [0.15, 0.2) is 0 Å². The maximum Gasteiger partial charge on any atom is 0.312 e. The summed E-state index contributed by atoms with van der Waals surface area (Å²) in [5.41, 5.74) is 0.431. The van der Waals surface area contributed by atoms with Crippen LogP contribution >= 0.6 is 11.6 Å². The number of nitrogens with one attached hydrogen (secondary N) is 1. The van der Waals surface area contributed by atoms with Gasteiger partial charge in [0.25, 0.3) is 0 Å². The molecule has 0 spiro atoms. The highest BCUT2D eigenvalue weighted by atomic mass is 35.5. The molecule has 1 saturated heterocycles. The molecule has 0 aromatic carbocycles. The van der Waals surface area contributed by atoms with Crippen LogP contribution in [0.3, 0.4) is 0 Å². The van der Waals surface area contributed by atoms with E-state index in [-0.39, 0.29) is 17.8 Å². The Hall–Kier alpha value is -1.40. The zero-order chi connectivity index (χ0) is 13.3. The van der Waals surface area contributed by atoms with Crippen LogP contribution in [0.25, 0.3) is 0 Å². The highest BCUT2D eigenvalue weighted by molar-refractivity contribution is 6.33. The number of halogens is 1. The summed E-state index contributed by atoms with van der Waals surface area (Å²) in [6.07, 6.45) is 2.69. The number of pyridine rings is 1.